The lowest BCUT2D eigenvalue weighted by Gasteiger charge is -2.14. The zero-order chi connectivity index (χ0) is 14.9. The molecule has 2 aromatic rings. The van der Waals surface area contributed by atoms with Crippen molar-refractivity contribution in [3.63, 3.8) is 0 Å². The Kier molecular flexibility index (Phi) is 4.09. The number of rotatable bonds is 3. The van der Waals surface area contributed by atoms with E-state index in [2.05, 4.69) is 0 Å². The molecule has 2 rings (SSSR count). The van der Waals surface area contributed by atoms with E-state index in [1.54, 1.807) is 6.92 Å². The first-order chi connectivity index (χ1) is 9.40. The number of benzene rings is 2. The molecule has 1 atom stereocenters. The molecule has 2 aromatic carbocycles. The summed E-state index contributed by atoms with van der Waals surface area (Å²) < 4.78 is 52.6. The van der Waals surface area contributed by atoms with Crippen molar-refractivity contribution in [2.24, 2.45) is 0 Å². The molecule has 0 aliphatic rings. The Labute approximate surface area is 113 Å². The summed E-state index contributed by atoms with van der Waals surface area (Å²) in [5.74, 6) is -4.85. The van der Waals surface area contributed by atoms with Crippen LogP contribution in [-0.2, 0) is 6.42 Å². The van der Waals surface area contributed by atoms with Crippen molar-refractivity contribution in [2.45, 2.75) is 19.4 Å². The van der Waals surface area contributed by atoms with Gasteiger partial charge in [0.05, 0.1) is 6.10 Å². The van der Waals surface area contributed by atoms with E-state index in [-0.39, 0.29) is 12.0 Å². The number of hydrogen-bond acceptors (Lipinski definition) is 1. The highest BCUT2D eigenvalue weighted by atomic mass is 19.2. The van der Waals surface area contributed by atoms with Crippen molar-refractivity contribution in [1.29, 1.82) is 0 Å². The molecule has 0 aliphatic carbocycles. The molecule has 1 nitrogen and oxygen atoms in total. The summed E-state index contributed by atoms with van der Waals surface area (Å²) in [5.41, 5.74) is 0.836. The van der Waals surface area contributed by atoms with Crippen LogP contribution in [0, 0.1) is 30.2 Å². The molecular weight excluding hydrogens is 272 g/mol. The van der Waals surface area contributed by atoms with Crippen LogP contribution in [0.15, 0.2) is 30.3 Å². The molecule has 0 amide bonds. The molecule has 0 heterocycles. The van der Waals surface area contributed by atoms with Crippen LogP contribution >= 0.6 is 0 Å². The van der Waals surface area contributed by atoms with Crippen molar-refractivity contribution >= 4 is 0 Å². The van der Waals surface area contributed by atoms with Crippen LogP contribution in [0.3, 0.4) is 0 Å². The molecule has 0 radical (unpaired) electrons. The SMILES string of the molecule is Cc1ccc(F)cc1CC(O)c1ccc(F)c(F)c1F. The largest absolute Gasteiger partial charge is 0.388 e. The number of aryl methyl sites for hydroxylation is 1. The van der Waals surface area contributed by atoms with Crippen molar-refractivity contribution in [2.75, 3.05) is 0 Å². The van der Waals surface area contributed by atoms with Gasteiger partial charge in [0, 0.05) is 12.0 Å². The van der Waals surface area contributed by atoms with Gasteiger partial charge in [0.1, 0.15) is 5.82 Å². The van der Waals surface area contributed by atoms with E-state index >= 15 is 0 Å². The topological polar surface area (TPSA) is 20.2 Å². The van der Waals surface area contributed by atoms with E-state index in [9.17, 15) is 22.7 Å². The molecule has 0 bridgehead atoms. The summed E-state index contributed by atoms with van der Waals surface area (Å²) in [4.78, 5) is 0. The Bertz CT molecular complexity index is 640. The van der Waals surface area contributed by atoms with Gasteiger partial charge in [0.2, 0.25) is 0 Å². The summed E-state index contributed by atoms with van der Waals surface area (Å²) >= 11 is 0. The van der Waals surface area contributed by atoms with Crippen molar-refractivity contribution in [1.82, 2.24) is 0 Å². The number of aliphatic hydroxyl groups excluding tert-OH is 1. The smallest absolute Gasteiger partial charge is 0.194 e. The van der Waals surface area contributed by atoms with Gasteiger partial charge in [-0.1, -0.05) is 12.1 Å². The average molecular weight is 284 g/mol. The van der Waals surface area contributed by atoms with Crippen LogP contribution in [0.4, 0.5) is 17.6 Å². The Hall–Kier alpha value is -1.88. The molecule has 0 saturated heterocycles. The van der Waals surface area contributed by atoms with Crippen molar-refractivity contribution < 1.29 is 22.7 Å². The zero-order valence-corrected chi connectivity index (χ0v) is 10.6. The lowest BCUT2D eigenvalue weighted by Crippen LogP contribution is -2.08. The molecule has 106 valence electrons. The summed E-state index contributed by atoms with van der Waals surface area (Å²) in [6.07, 6.45) is -1.48. The van der Waals surface area contributed by atoms with Crippen LogP contribution in [0.1, 0.15) is 22.8 Å². The van der Waals surface area contributed by atoms with Gasteiger partial charge in [-0.2, -0.15) is 0 Å². The summed E-state index contributed by atoms with van der Waals surface area (Å²) in [6, 6.07) is 5.74. The standard InChI is InChI=1S/C15H12F4O/c1-8-2-3-10(16)6-9(8)7-13(20)11-4-5-12(17)15(19)14(11)18/h2-6,13,20H,7H2,1H3. The molecular formula is C15H12F4O. The van der Waals surface area contributed by atoms with Gasteiger partial charge in [0.15, 0.2) is 17.5 Å². The van der Waals surface area contributed by atoms with Gasteiger partial charge >= 0.3 is 0 Å². The van der Waals surface area contributed by atoms with Gasteiger partial charge in [-0.05, 0) is 36.2 Å². The molecule has 0 fully saturated rings. The number of halogens is 4. The Morgan fingerprint density at radius 2 is 1.70 bits per heavy atom. The lowest BCUT2D eigenvalue weighted by atomic mass is 9.97. The monoisotopic (exact) mass is 284 g/mol. The third-order valence-corrected chi connectivity index (χ3v) is 3.15. The molecule has 20 heavy (non-hydrogen) atoms. The second kappa shape index (κ2) is 5.63. The van der Waals surface area contributed by atoms with E-state index in [4.69, 9.17) is 0 Å². The Balaban J connectivity index is 2.31. The van der Waals surface area contributed by atoms with Gasteiger partial charge < -0.3 is 5.11 Å². The first-order valence-corrected chi connectivity index (χ1v) is 5.96. The fourth-order valence-corrected chi connectivity index (χ4v) is 1.98. The predicted octanol–water partition coefficient (Wildman–Crippen LogP) is 3.83. The average Bonchev–Trinajstić information content (AvgIpc) is 2.40. The van der Waals surface area contributed by atoms with Crippen LogP contribution in [0.25, 0.3) is 0 Å². The van der Waals surface area contributed by atoms with E-state index < -0.39 is 29.4 Å². The second-order valence-corrected chi connectivity index (χ2v) is 4.56. The van der Waals surface area contributed by atoms with Gasteiger partial charge in [-0.15, -0.1) is 0 Å². The number of aliphatic hydroxyl groups is 1. The highest BCUT2D eigenvalue weighted by molar-refractivity contribution is 5.30. The normalized spacial score (nSPS) is 12.5. The molecule has 0 saturated carbocycles. The van der Waals surface area contributed by atoms with Crippen molar-refractivity contribution in [3.8, 4) is 0 Å². The number of hydrogen-bond donors (Lipinski definition) is 1. The van der Waals surface area contributed by atoms with E-state index in [1.165, 1.54) is 18.2 Å². The maximum absolute atomic E-state index is 13.5. The fourth-order valence-electron chi connectivity index (χ4n) is 1.98. The van der Waals surface area contributed by atoms with Crippen LogP contribution in [0.2, 0.25) is 0 Å². The van der Waals surface area contributed by atoms with E-state index in [0.717, 1.165) is 12.1 Å². The maximum Gasteiger partial charge on any atom is 0.194 e. The lowest BCUT2D eigenvalue weighted by molar-refractivity contribution is 0.171. The van der Waals surface area contributed by atoms with Gasteiger partial charge in [-0.25, -0.2) is 17.6 Å². The highest BCUT2D eigenvalue weighted by Gasteiger charge is 2.20. The second-order valence-electron chi connectivity index (χ2n) is 4.56. The summed E-state index contributed by atoms with van der Waals surface area (Å²) in [5, 5.41) is 9.93. The third kappa shape index (κ3) is 2.82. The minimum atomic E-state index is -1.63. The van der Waals surface area contributed by atoms with Gasteiger partial charge in [-0.3, -0.25) is 0 Å². The molecule has 0 spiro atoms. The molecule has 0 aliphatic heterocycles. The summed E-state index contributed by atoms with van der Waals surface area (Å²) in [6.45, 7) is 1.71. The van der Waals surface area contributed by atoms with Crippen LogP contribution < -0.4 is 0 Å². The van der Waals surface area contributed by atoms with Gasteiger partial charge in [0.25, 0.3) is 0 Å². The minimum absolute atomic E-state index is 0.0917. The molecule has 1 unspecified atom stereocenters. The van der Waals surface area contributed by atoms with E-state index in [0.29, 0.717) is 11.1 Å². The third-order valence-electron chi connectivity index (χ3n) is 3.15. The van der Waals surface area contributed by atoms with Crippen molar-refractivity contribution in [3.05, 3.63) is 70.3 Å². The minimum Gasteiger partial charge on any atom is -0.388 e. The van der Waals surface area contributed by atoms with Crippen LogP contribution in [-0.4, -0.2) is 5.11 Å². The quantitative estimate of drug-likeness (QED) is 0.671. The Morgan fingerprint density at radius 3 is 2.40 bits per heavy atom. The molecule has 0 aromatic heterocycles. The van der Waals surface area contributed by atoms with Crippen LogP contribution in [0.5, 0.6) is 0 Å². The molecule has 5 heteroatoms. The molecule has 1 N–H and O–H groups in total. The predicted molar refractivity (Wildman–Crippen MR) is 66.1 cm³/mol. The maximum atomic E-state index is 13.5. The highest BCUT2D eigenvalue weighted by Crippen LogP contribution is 2.25. The zero-order valence-electron chi connectivity index (χ0n) is 10.6. The van der Waals surface area contributed by atoms with E-state index in [1.807, 2.05) is 0 Å². The Morgan fingerprint density at radius 1 is 1.00 bits per heavy atom. The summed E-state index contributed by atoms with van der Waals surface area (Å²) in [7, 11) is 0. The fraction of sp³-hybridized carbons (Fsp3) is 0.200. The first-order valence-electron chi connectivity index (χ1n) is 5.96. The first kappa shape index (κ1) is 14.5.